The van der Waals surface area contributed by atoms with Crippen LogP contribution < -0.4 is 10.1 Å². The van der Waals surface area contributed by atoms with E-state index in [1.165, 1.54) is 36.3 Å². The Morgan fingerprint density at radius 3 is 2.89 bits per heavy atom. The van der Waals surface area contributed by atoms with Crippen LogP contribution in [0.15, 0.2) is 35.8 Å². The second-order valence-electron chi connectivity index (χ2n) is 8.00. The van der Waals surface area contributed by atoms with Gasteiger partial charge in [0.25, 0.3) is 0 Å². The first kappa shape index (κ1) is 18.9. The average Bonchev–Trinajstić information content (AvgIpc) is 3.35. The summed E-state index contributed by atoms with van der Waals surface area (Å²) in [6.45, 7) is 2.70. The zero-order valence-corrected chi connectivity index (χ0v) is 17.0. The molecule has 1 spiro atoms. The van der Waals surface area contributed by atoms with Crippen molar-refractivity contribution in [1.82, 2.24) is 10.3 Å². The minimum absolute atomic E-state index is 0.0900. The SMILES string of the molecule is COc1ccsc1CNCC[C@@]1(c2ccccn2)CCOC2(CCCC2)C1. The van der Waals surface area contributed by atoms with Gasteiger partial charge in [-0.05, 0) is 62.2 Å². The highest BCUT2D eigenvalue weighted by Gasteiger charge is 2.48. The van der Waals surface area contributed by atoms with Gasteiger partial charge in [-0.25, -0.2) is 0 Å². The van der Waals surface area contributed by atoms with E-state index in [9.17, 15) is 0 Å². The maximum Gasteiger partial charge on any atom is 0.134 e. The quantitative estimate of drug-likeness (QED) is 0.701. The lowest BCUT2D eigenvalue weighted by Gasteiger charge is -2.46. The van der Waals surface area contributed by atoms with Gasteiger partial charge >= 0.3 is 0 Å². The predicted octanol–water partition coefficient (Wildman–Crippen LogP) is 4.69. The van der Waals surface area contributed by atoms with Gasteiger partial charge in [-0.15, -0.1) is 11.3 Å². The maximum absolute atomic E-state index is 6.34. The van der Waals surface area contributed by atoms with E-state index < -0.39 is 0 Å². The molecule has 0 radical (unpaired) electrons. The Bertz CT molecular complexity index is 727. The summed E-state index contributed by atoms with van der Waals surface area (Å²) in [7, 11) is 1.74. The number of pyridine rings is 1. The molecule has 1 N–H and O–H groups in total. The van der Waals surface area contributed by atoms with Gasteiger partial charge in [0.05, 0.1) is 17.6 Å². The molecule has 5 heteroatoms. The third-order valence-electron chi connectivity index (χ3n) is 6.36. The normalized spacial score (nSPS) is 24.3. The van der Waals surface area contributed by atoms with E-state index in [4.69, 9.17) is 14.5 Å². The topological polar surface area (TPSA) is 43.4 Å². The summed E-state index contributed by atoms with van der Waals surface area (Å²) >= 11 is 1.75. The summed E-state index contributed by atoms with van der Waals surface area (Å²) in [6.07, 6.45) is 10.2. The first-order valence-corrected chi connectivity index (χ1v) is 11.0. The van der Waals surface area contributed by atoms with Gasteiger partial charge in [-0.2, -0.15) is 0 Å². The molecule has 4 rings (SSSR count). The molecule has 0 aromatic carbocycles. The third kappa shape index (κ3) is 4.05. The number of rotatable bonds is 7. The van der Waals surface area contributed by atoms with Crippen molar-refractivity contribution in [3.05, 3.63) is 46.4 Å². The molecule has 1 atom stereocenters. The van der Waals surface area contributed by atoms with Crippen molar-refractivity contribution in [3.63, 3.8) is 0 Å². The van der Waals surface area contributed by atoms with Crippen LogP contribution in [-0.2, 0) is 16.7 Å². The van der Waals surface area contributed by atoms with Crippen LogP contribution in [0.25, 0.3) is 0 Å². The summed E-state index contributed by atoms with van der Waals surface area (Å²) in [5.74, 6) is 0.989. The Balaban J connectivity index is 1.46. The van der Waals surface area contributed by atoms with Crippen molar-refractivity contribution in [2.24, 2.45) is 0 Å². The lowest BCUT2D eigenvalue weighted by atomic mass is 9.68. The summed E-state index contributed by atoms with van der Waals surface area (Å²) in [4.78, 5) is 6.05. The molecule has 0 bridgehead atoms. The molecule has 0 amide bonds. The minimum Gasteiger partial charge on any atom is -0.496 e. The van der Waals surface area contributed by atoms with Crippen LogP contribution in [0.4, 0.5) is 0 Å². The monoisotopic (exact) mass is 386 g/mol. The highest BCUT2D eigenvalue weighted by atomic mass is 32.1. The zero-order chi connectivity index (χ0) is 18.6. The Labute approximate surface area is 166 Å². The number of methoxy groups -OCH3 is 1. The number of thiophene rings is 1. The predicted molar refractivity (Wildman–Crippen MR) is 109 cm³/mol. The summed E-state index contributed by atoms with van der Waals surface area (Å²) in [5, 5.41) is 5.74. The molecule has 2 fully saturated rings. The summed E-state index contributed by atoms with van der Waals surface area (Å²) in [6, 6.07) is 8.41. The van der Waals surface area contributed by atoms with E-state index in [0.29, 0.717) is 0 Å². The van der Waals surface area contributed by atoms with Crippen LogP contribution >= 0.6 is 11.3 Å². The summed E-state index contributed by atoms with van der Waals surface area (Å²) < 4.78 is 11.8. The maximum atomic E-state index is 6.34. The summed E-state index contributed by atoms with van der Waals surface area (Å²) in [5.41, 5.74) is 1.46. The molecule has 1 saturated carbocycles. The second-order valence-corrected chi connectivity index (χ2v) is 9.00. The zero-order valence-electron chi connectivity index (χ0n) is 16.2. The van der Waals surface area contributed by atoms with E-state index in [0.717, 1.165) is 44.7 Å². The van der Waals surface area contributed by atoms with Crippen LogP contribution in [0.3, 0.4) is 0 Å². The van der Waals surface area contributed by atoms with Crippen molar-refractivity contribution in [3.8, 4) is 5.75 Å². The lowest BCUT2D eigenvalue weighted by Crippen LogP contribution is -2.47. The van der Waals surface area contributed by atoms with Crippen LogP contribution in [0.5, 0.6) is 5.75 Å². The number of ether oxygens (including phenoxy) is 2. The Kier molecular flexibility index (Phi) is 5.81. The van der Waals surface area contributed by atoms with Gasteiger partial charge in [0.1, 0.15) is 5.75 Å². The molecular weight excluding hydrogens is 356 g/mol. The Morgan fingerprint density at radius 1 is 1.22 bits per heavy atom. The van der Waals surface area contributed by atoms with Gasteiger partial charge in [0.15, 0.2) is 0 Å². The standard InChI is InChI=1S/C22H30N2O2S/c1-25-18-7-15-27-19(18)16-23-13-10-21(20-6-2-5-12-24-20)11-14-26-22(17-21)8-3-4-9-22/h2,5-7,12,15,23H,3-4,8-11,13-14,16-17H2,1H3/t21-/m1/s1. The smallest absolute Gasteiger partial charge is 0.134 e. The molecule has 1 aliphatic heterocycles. The highest BCUT2D eigenvalue weighted by Crippen LogP contribution is 2.49. The van der Waals surface area contributed by atoms with Crippen molar-refractivity contribution in [2.75, 3.05) is 20.3 Å². The third-order valence-corrected chi connectivity index (χ3v) is 7.26. The van der Waals surface area contributed by atoms with E-state index in [2.05, 4.69) is 22.8 Å². The molecule has 2 aromatic rings. The van der Waals surface area contributed by atoms with Crippen molar-refractivity contribution >= 4 is 11.3 Å². The van der Waals surface area contributed by atoms with Gasteiger partial charge in [0.2, 0.25) is 0 Å². The Morgan fingerprint density at radius 2 is 2.11 bits per heavy atom. The number of aromatic nitrogens is 1. The number of hydrogen-bond acceptors (Lipinski definition) is 5. The molecule has 1 aliphatic carbocycles. The molecule has 2 aliphatic rings. The molecule has 0 unspecified atom stereocenters. The molecule has 4 nitrogen and oxygen atoms in total. The molecule has 1 saturated heterocycles. The van der Waals surface area contributed by atoms with Gasteiger partial charge in [-0.3, -0.25) is 4.98 Å². The fourth-order valence-electron chi connectivity index (χ4n) is 4.97. The Hall–Kier alpha value is -1.43. The molecule has 146 valence electrons. The van der Waals surface area contributed by atoms with Gasteiger partial charge < -0.3 is 14.8 Å². The molecule has 3 heterocycles. The highest BCUT2D eigenvalue weighted by molar-refractivity contribution is 7.10. The van der Waals surface area contributed by atoms with Gasteiger partial charge in [-0.1, -0.05) is 18.9 Å². The molecule has 27 heavy (non-hydrogen) atoms. The minimum atomic E-state index is 0.0900. The van der Waals surface area contributed by atoms with Crippen molar-refractivity contribution in [2.45, 2.75) is 62.5 Å². The lowest BCUT2D eigenvalue weighted by molar-refractivity contribution is -0.104. The molecule has 2 aromatic heterocycles. The fourth-order valence-corrected chi connectivity index (χ4v) is 5.77. The second kappa shape index (κ2) is 8.29. The average molecular weight is 387 g/mol. The van der Waals surface area contributed by atoms with E-state index in [-0.39, 0.29) is 11.0 Å². The van der Waals surface area contributed by atoms with Crippen molar-refractivity contribution in [1.29, 1.82) is 0 Å². The van der Waals surface area contributed by atoms with Crippen LogP contribution in [0.2, 0.25) is 0 Å². The first-order valence-electron chi connectivity index (χ1n) is 10.1. The molecular formula is C22H30N2O2S. The fraction of sp³-hybridized carbons (Fsp3) is 0.591. The van der Waals surface area contributed by atoms with Crippen LogP contribution in [-0.4, -0.2) is 30.8 Å². The van der Waals surface area contributed by atoms with Crippen molar-refractivity contribution < 1.29 is 9.47 Å². The van der Waals surface area contributed by atoms with E-state index in [1.54, 1.807) is 18.4 Å². The number of nitrogens with zero attached hydrogens (tertiary/aromatic N) is 1. The number of hydrogen-bond donors (Lipinski definition) is 1. The number of nitrogens with one attached hydrogen (secondary N) is 1. The first-order chi connectivity index (χ1) is 13.3. The largest absolute Gasteiger partial charge is 0.496 e. The van der Waals surface area contributed by atoms with Gasteiger partial charge in [0, 0.05) is 30.5 Å². The van der Waals surface area contributed by atoms with Crippen LogP contribution in [0.1, 0.15) is 55.5 Å². The van der Waals surface area contributed by atoms with E-state index >= 15 is 0 Å². The van der Waals surface area contributed by atoms with E-state index in [1.807, 2.05) is 18.3 Å². The van der Waals surface area contributed by atoms with Crippen LogP contribution in [0, 0.1) is 0 Å².